The molecule has 1 N–H and O–H groups in total. The van der Waals surface area contributed by atoms with E-state index in [2.05, 4.69) is 39.6 Å². The van der Waals surface area contributed by atoms with E-state index in [-0.39, 0.29) is 5.54 Å². The van der Waals surface area contributed by atoms with Gasteiger partial charge in [0.05, 0.1) is 0 Å². The van der Waals surface area contributed by atoms with Gasteiger partial charge in [-0.2, -0.15) is 0 Å². The van der Waals surface area contributed by atoms with E-state index in [0.29, 0.717) is 5.92 Å². The molecular formula is C10H21N. The zero-order valence-corrected chi connectivity index (χ0v) is 8.28. The molecule has 1 heteroatoms. The van der Waals surface area contributed by atoms with E-state index in [9.17, 15) is 0 Å². The average Bonchev–Trinajstić information content (AvgIpc) is 1.88. The molecule has 0 aliphatic rings. The lowest BCUT2D eigenvalue weighted by Gasteiger charge is -2.23. The minimum atomic E-state index is 0.233. The number of hydrogen-bond donors (Lipinski definition) is 1. The molecule has 0 rings (SSSR count). The second kappa shape index (κ2) is 4.55. The summed E-state index contributed by atoms with van der Waals surface area (Å²) in [6, 6.07) is 0. The maximum Gasteiger partial charge on any atom is 0.00967 e. The summed E-state index contributed by atoms with van der Waals surface area (Å²) >= 11 is 0. The molecule has 0 aromatic rings. The monoisotopic (exact) mass is 155 g/mol. The fourth-order valence-corrected chi connectivity index (χ4v) is 0.832. The predicted molar refractivity (Wildman–Crippen MR) is 51.7 cm³/mol. The molecule has 0 heterocycles. The first-order valence-corrected chi connectivity index (χ1v) is 4.37. The second-order valence-corrected chi connectivity index (χ2v) is 4.03. The number of rotatable bonds is 4. The van der Waals surface area contributed by atoms with Gasteiger partial charge in [-0.05, 0) is 33.1 Å². The van der Waals surface area contributed by atoms with Crippen LogP contribution in [0.2, 0.25) is 0 Å². The van der Waals surface area contributed by atoms with E-state index in [1.807, 2.05) is 6.08 Å². The molecule has 0 spiro atoms. The maximum atomic E-state index is 3.79. The maximum absolute atomic E-state index is 3.79. The molecule has 0 bridgehead atoms. The minimum Gasteiger partial charge on any atom is -0.311 e. The van der Waals surface area contributed by atoms with Gasteiger partial charge in [-0.15, -0.1) is 6.58 Å². The normalized spacial score (nSPS) is 14.5. The minimum absolute atomic E-state index is 0.233. The van der Waals surface area contributed by atoms with Crippen LogP contribution >= 0.6 is 0 Å². The van der Waals surface area contributed by atoms with Crippen molar-refractivity contribution in [1.82, 2.24) is 5.32 Å². The Balaban J connectivity index is 3.59. The highest BCUT2D eigenvalue weighted by Crippen LogP contribution is 2.05. The van der Waals surface area contributed by atoms with E-state index in [4.69, 9.17) is 0 Å². The SMILES string of the molecule is C=CC(CC)CNC(C)(C)C. The molecule has 1 atom stereocenters. The van der Waals surface area contributed by atoms with Crippen LogP contribution in [-0.4, -0.2) is 12.1 Å². The first kappa shape index (κ1) is 10.7. The topological polar surface area (TPSA) is 12.0 Å². The third-order valence-electron chi connectivity index (χ3n) is 1.75. The van der Waals surface area contributed by atoms with Gasteiger partial charge in [0.15, 0.2) is 0 Å². The molecule has 0 aliphatic heterocycles. The van der Waals surface area contributed by atoms with Crippen LogP contribution in [-0.2, 0) is 0 Å². The van der Waals surface area contributed by atoms with Crippen molar-refractivity contribution in [3.63, 3.8) is 0 Å². The lowest BCUT2D eigenvalue weighted by atomic mass is 10.0. The molecule has 0 aromatic heterocycles. The third-order valence-corrected chi connectivity index (χ3v) is 1.75. The van der Waals surface area contributed by atoms with Crippen molar-refractivity contribution < 1.29 is 0 Å². The van der Waals surface area contributed by atoms with Crippen LogP contribution in [0.3, 0.4) is 0 Å². The third kappa shape index (κ3) is 6.11. The number of nitrogens with one attached hydrogen (secondary N) is 1. The summed E-state index contributed by atoms with van der Waals surface area (Å²) in [4.78, 5) is 0. The van der Waals surface area contributed by atoms with Crippen molar-refractivity contribution in [3.05, 3.63) is 12.7 Å². The molecule has 11 heavy (non-hydrogen) atoms. The Morgan fingerprint density at radius 1 is 1.45 bits per heavy atom. The summed E-state index contributed by atoms with van der Waals surface area (Å²) in [5.41, 5.74) is 0.233. The zero-order valence-electron chi connectivity index (χ0n) is 8.28. The van der Waals surface area contributed by atoms with Crippen LogP contribution in [0, 0.1) is 5.92 Å². The van der Waals surface area contributed by atoms with Crippen molar-refractivity contribution in [1.29, 1.82) is 0 Å². The van der Waals surface area contributed by atoms with Crippen molar-refractivity contribution in [2.45, 2.75) is 39.7 Å². The molecular weight excluding hydrogens is 134 g/mol. The van der Waals surface area contributed by atoms with E-state index in [1.54, 1.807) is 0 Å². The molecule has 0 saturated heterocycles. The van der Waals surface area contributed by atoms with Gasteiger partial charge >= 0.3 is 0 Å². The molecule has 0 aliphatic carbocycles. The molecule has 0 fully saturated rings. The Kier molecular flexibility index (Phi) is 4.43. The molecule has 66 valence electrons. The molecule has 1 unspecified atom stereocenters. The number of hydrogen-bond acceptors (Lipinski definition) is 1. The first-order valence-electron chi connectivity index (χ1n) is 4.37. The second-order valence-electron chi connectivity index (χ2n) is 4.03. The van der Waals surface area contributed by atoms with Crippen molar-refractivity contribution in [2.75, 3.05) is 6.54 Å². The Morgan fingerprint density at radius 2 is 2.00 bits per heavy atom. The zero-order chi connectivity index (χ0) is 8.91. The first-order chi connectivity index (χ1) is 4.99. The van der Waals surface area contributed by atoms with Crippen LogP contribution in [0.5, 0.6) is 0 Å². The highest BCUT2D eigenvalue weighted by molar-refractivity contribution is 4.82. The summed E-state index contributed by atoms with van der Waals surface area (Å²) in [7, 11) is 0. The lowest BCUT2D eigenvalue weighted by Crippen LogP contribution is -2.38. The molecule has 0 radical (unpaired) electrons. The van der Waals surface area contributed by atoms with Gasteiger partial charge in [-0.3, -0.25) is 0 Å². The smallest absolute Gasteiger partial charge is 0.00967 e. The van der Waals surface area contributed by atoms with E-state index in [0.717, 1.165) is 6.54 Å². The molecule has 0 aromatic carbocycles. The van der Waals surface area contributed by atoms with E-state index < -0.39 is 0 Å². The van der Waals surface area contributed by atoms with Crippen LogP contribution in [0.1, 0.15) is 34.1 Å². The molecule has 0 amide bonds. The molecule has 0 saturated carbocycles. The average molecular weight is 155 g/mol. The quantitative estimate of drug-likeness (QED) is 0.615. The van der Waals surface area contributed by atoms with E-state index >= 15 is 0 Å². The summed E-state index contributed by atoms with van der Waals surface area (Å²) in [6.07, 6.45) is 3.20. The van der Waals surface area contributed by atoms with E-state index in [1.165, 1.54) is 6.42 Å². The van der Waals surface area contributed by atoms with Crippen molar-refractivity contribution >= 4 is 0 Å². The highest BCUT2D eigenvalue weighted by Gasteiger charge is 2.10. The van der Waals surface area contributed by atoms with Crippen LogP contribution in [0.4, 0.5) is 0 Å². The Hall–Kier alpha value is -0.300. The van der Waals surface area contributed by atoms with Gasteiger partial charge in [-0.25, -0.2) is 0 Å². The highest BCUT2D eigenvalue weighted by atomic mass is 14.9. The Bertz CT molecular complexity index is 111. The fourth-order valence-electron chi connectivity index (χ4n) is 0.832. The van der Waals surface area contributed by atoms with Gasteiger partial charge in [0.25, 0.3) is 0 Å². The fraction of sp³-hybridized carbons (Fsp3) is 0.800. The Morgan fingerprint density at radius 3 is 2.27 bits per heavy atom. The van der Waals surface area contributed by atoms with Gasteiger partial charge in [0, 0.05) is 12.1 Å². The summed E-state index contributed by atoms with van der Waals surface area (Å²) < 4.78 is 0. The van der Waals surface area contributed by atoms with Crippen LogP contribution in [0.25, 0.3) is 0 Å². The largest absolute Gasteiger partial charge is 0.311 e. The standard InChI is InChI=1S/C10H21N/c1-6-9(7-2)8-11-10(3,4)5/h6,9,11H,1,7-8H2,2-5H3. The Labute approximate surface area is 70.9 Å². The van der Waals surface area contributed by atoms with Crippen molar-refractivity contribution in [2.24, 2.45) is 5.92 Å². The van der Waals surface area contributed by atoms with Crippen LogP contribution < -0.4 is 5.32 Å². The van der Waals surface area contributed by atoms with Gasteiger partial charge in [-0.1, -0.05) is 13.0 Å². The summed E-state index contributed by atoms with van der Waals surface area (Å²) in [5.74, 6) is 0.620. The summed E-state index contributed by atoms with van der Waals surface area (Å²) in [5, 5.41) is 3.45. The predicted octanol–water partition coefficient (Wildman–Crippen LogP) is 2.59. The summed E-state index contributed by atoms with van der Waals surface area (Å²) in [6.45, 7) is 13.6. The van der Waals surface area contributed by atoms with Gasteiger partial charge in [0.1, 0.15) is 0 Å². The lowest BCUT2D eigenvalue weighted by molar-refractivity contribution is 0.393. The van der Waals surface area contributed by atoms with Crippen LogP contribution in [0.15, 0.2) is 12.7 Å². The van der Waals surface area contributed by atoms with Gasteiger partial charge in [0.2, 0.25) is 0 Å². The van der Waals surface area contributed by atoms with Crippen molar-refractivity contribution in [3.8, 4) is 0 Å². The molecule has 1 nitrogen and oxygen atoms in total. The van der Waals surface area contributed by atoms with Gasteiger partial charge < -0.3 is 5.32 Å².